The minimum atomic E-state index is -0.136. The maximum atomic E-state index is 12.2. The van der Waals surface area contributed by atoms with Gasteiger partial charge < -0.3 is 20.1 Å². The number of hydrogen-bond donors (Lipinski definition) is 2. The second kappa shape index (κ2) is 11.0. The highest BCUT2D eigenvalue weighted by atomic mass is 16.5. The number of rotatable bonds is 11. The molecular weight excluding hydrogens is 352 g/mol. The Labute approximate surface area is 167 Å². The number of carbonyl (C=O) groups is 1. The van der Waals surface area contributed by atoms with E-state index < -0.39 is 0 Å². The molecule has 2 rings (SSSR count). The van der Waals surface area contributed by atoms with Crippen LogP contribution in [-0.4, -0.2) is 25.7 Å². The molecule has 5 nitrogen and oxygen atoms in total. The van der Waals surface area contributed by atoms with E-state index in [1.165, 1.54) is 0 Å². The monoisotopic (exact) mass is 382 g/mol. The fourth-order valence-corrected chi connectivity index (χ4v) is 2.37. The zero-order valence-corrected chi connectivity index (χ0v) is 17.0. The van der Waals surface area contributed by atoms with E-state index in [9.17, 15) is 4.79 Å². The van der Waals surface area contributed by atoms with E-state index in [0.717, 1.165) is 23.4 Å². The molecule has 0 saturated heterocycles. The number of anilines is 2. The molecule has 0 radical (unpaired) electrons. The van der Waals surface area contributed by atoms with Crippen molar-refractivity contribution in [1.29, 1.82) is 0 Å². The molecule has 0 fully saturated rings. The summed E-state index contributed by atoms with van der Waals surface area (Å²) in [6.45, 7) is 11.4. The Balaban J connectivity index is 1.82. The standard InChI is InChI=1S/C23H30N2O3/c1-17(2)11-12-27-21-9-5-7-19(13-21)24-15-23(26)25-20-8-6-10-22(14-20)28-16-18(3)4/h5-10,13-14,17,24H,3,11-12,15-16H2,1-2,4H3,(H,25,26). The fraction of sp³-hybridized carbons (Fsp3) is 0.348. The Kier molecular flexibility index (Phi) is 8.40. The maximum Gasteiger partial charge on any atom is 0.243 e. The largest absolute Gasteiger partial charge is 0.494 e. The predicted molar refractivity (Wildman–Crippen MR) is 115 cm³/mol. The number of carbonyl (C=O) groups excluding carboxylic acids is 1. The number of ether oxygens (including phenoxy) is 2. The van der Waals surface area contributed by atoms with Crippen LogP contribution in [0.25, 0.3) is 0 Å². The molecule has 5 heteroatoms. The Hall–Kier alpha value is -2.95. The SMILES string of the molecule is C=C(C)COc1cccc(NC(=O)CNc2cccc(OCCC(C)C)c2)c1. The minimum Gasteiger partial charge on any atom is -0.494 e. The summed E-state index contributed by atoms with van der Waals surface area (Å²) in [6.07, 6.45) is 1.01. The van der Waals surface area contributed by atoms with Crippen molar-refractivity contribution in [3.8, 4) is 11.5 Å². The summed E-state index contributed by atoms with van der Waals surface area (Å²) in [4.78, 5) is 12.2. The third-order valence-corrected chi connectivity index (χ3v) is 3.85. The molecule has 0 saturated carbocycles. The van der Waals surface area contributed by atoms with Gasteiger partial charge in [0.15, 0.2) is 0 Å². The molecule has 0 aliphatic rings. The van der Waals surface area contributed by atoms with Crippen molar-refractivity contribution < 1.29 is 14.3 Å². The molecular formula is C23H30N2O3. The molecule has 2 aromatic carbocycles. The third kappa shape index (κ3) is 8.16. The Morgan fingerprint density at radius 1 is 1.04 bits per heavy atom. The highest BCUT2D eigenvalue weighted by molar-refractivity contribution is 5.93. The average molecular weight is 383 g/mol. The molecule has 0 unspecified atom stereocenters. The van der Waals surface area contributed by atoms with Crippen LogP contribution < -0.4 is 20.1 Å². The van der Waals surface area contributed by atoms with Crippen LogP contribution >= 0.6 is 0 Å². The molecule has 1 amide bonds. The summed E-state index contributed by atoms with van der Waals surface area (Å²) >= 11 is 0. The van der Waals surface area contributed by atoms with E-state index in [1.807, 2.05) is 49.4 Å². The van der Waals surface area contributed by atoms with Crippen molar-refractivity contribution in [3.63, 3.8) is 0 Å². The Morgan fingerprint density at radius 2 is 1.68 bits per heavy atom. The van der Waals surface area contributed by atoms with E-state index in [0.29, 0.717) is 30.6 Å². The number of nitrogens with one attached hydrogen (secondary N) is 2. The topological polar surface area (TPSA) is 59.6 Å². The molecule has 0 aromatic heterocycles. The summed E-state index contributed by atoms with van der Waals surface area (Å²) in [5.74, 6) is 1.96. The lowest BCUT2D eigenvalue weighted by molar-refractivity contribution is -0.114. The lowest BCUT2D eigenvalue weighted by Gasteiger charge is -2.12. The van der Waals surface area contributed by atoms with Gasteiger partial charge in [0.25, 0.3) is 0 Å². The molecule has 0 heterocycles. The fourth-order valence-electron chi connectivity index (χ4n) is 2.37. The van der Waals surface area contributed by atoms with Gasteiger partial charge in [0, 0.05) is 23.5 Å². The van der Waals surface area contributed by atoms with Gasteiger partial charge in [-0.05, 0) is 49.1 Å². The van der Waals surface area contributed by atoms with Crippen LogP contribution in [-0.2, 0) is 4.79 Å². The van der Waals surface area contributed by atoms with Crippen molar-refractivity contribution in [2.75, 3.05) is 30.4 Å². The second-order valence-corrected chi connectivity index (χ2v) is 7.23. The van der Waals surface area contributed by atoms with Crippen LogP contribution in [0.5, 0.6) is 11.5 Å². The van der Waals surface area contributed by atoms with Crippen LogP contribution in [0.3, 0.4) is 0 Å². The number of amides is 1. The summed E-state index contributed by atoms with van der Waals surface area (Å²) in [7, 11) is 0. The van der Waals surface area contributed by atoms with Crippen LogP contribution in [0.4, 0.5) is 11.4 Å². The normalized spacial score (nSPS) is 10.4. The Bertz CT molecular complexity index is 787. The predicted octanol–water partition coefficient (Wildman–Crippen LogP) is 5.12. The quantitative estimate of drug-likeness (QED) is 0.530. The third-order valence-electron chi connectivity index (χ3n) is 3.85. The number of benzene rings is 2. The van der Waals surface area contributed by atoms with Crippen molar-refractivity contribution in [3.05, 3.63) is 60.7 Å². The first-order valence-corrected chi connectivity index (χ1v) is 9.56. The van der Waals surface area contributed by atoms with Gasteiger partial charge in [0.05, 0.1) is 13.2 Å². The molecule has 0 bridgehead atoms. The van der Waals surface area contributed by atoms with Crippen LogP contribution in [0.1, 0.15) is 27.2 Å². The maximum absolute atomic E-state index is 12.2. The second-order valence-electron chi connectivity index (χ2n) is 7.23. The van der Waals surface area contributed by atoms with E-state index in [-0.39, 0.29) is 12.5 Å². The highest BCUT2D eigenvalue weighted by Crippen LogP contribution is 2.19. The van der Waals surface area contributed by atoms with Gasteiger partial charge in [-0.15, -0.1) is 0 Å². The molecule has 2 N–H and O–H groups in total. The van der Waals surface area contributed by atoms with Crippen LogP contribution in [0.15, 0.2) is 60.7 Å². The molecule has 0 atom stereocenters. The molecule has 2 aromatic rings. The van der Waals surface area contributed by atoms with Crippen LogP contribution in [0, 0.1) is 5.92 Å². The van der Waals surface area contributed by atoms with Crippen LogP contribution in [0.2, 0.25) is 0 Å². The van der Waals surface area contributed by atoms with Crippen molar-refractivity contribution in [1.82, 2.24) is 0 Å². The van der Waals surface area contributed by atoms with E-state index in [1.54, 1.807) is 6.07 Å². The van der Waals surface area contributed by atoms with Crippen molar-refractivity contribution in [2.24, 2.45) is 5.92 Å². The molecule has 28 heavy (non-hydrogen) atoms. The van der Waals surface area contributed by atoms with Crippen molar-refractivity contribution >= 4 is 17.3 Å². The van der Waals surface area contributed by atoms with E-state index in [4.69, 9.17) is 9.47 Å². The van der Waals surface area contributed by atoms with Gasteiger partial charge >= 0.3 is 0 Å². The first-order chi connectivity index (χ1) is 13.4. The smallest absolute Gasteiger partial charge is 0.243 e. The first kappa shape index (κ1) is 21.4. The van der Waals surface area contributed by atoms with E-state index >= 15 is 0 Å². The van der Waals surface area contributed by atoms with Gasteiger partial charge in [0.1, 0.15) is 18.1 Å². The lowest BCUT2D eigenvalue weighted by atomic mass is 10.1. The van der Waals surface area contributed by atoms with E-state index in [2.05, 4.69) is 31.1 Å². The van der Waals surface area contributed by atoms with Gasteiger partial charge in [-0.1, -0.05) is 32.6 Å². The molecule has 150 valence electrons. The minimum absolute atomic E-state index is 0.136. The summed E-state index contributed by atoms with van der Waals surface area (Å²) in [5.41, 5.74) is 2.47. The Morgan fingerprint density at radius 3 is 2.36 bits per heavy atom. The average Bonchev–Trinajstić information content (AvgIpc) is 2.65. The highest BCUT2D eigenvalue weighted by Gasteiger charge is 2.05. The van der Waals surface area contributed by atoms with Gasteiger partial charge in [-0.25, -0.2) is 0 Å². The summed E-state index contributed by atoms with van der Waals surface area (Å²) in [5, 5.41) is 5.99. The van der Waals surface area contributed by atoms with Gasteiger partial charge in [-0.3, -0.25) is 4.79 Å². The summed E-state index contributed by atoms with van der Waals surface area (Å²) in [6, 6.07) is 15.0. The van der Waals surface area contributed by atoms with Gasteiger partial charge in [0.2, 0.25) is 5.91 Å². The summed E-state index contributed by atoms with van der Waals surface area (Å²) < 4.78 is 11.4. The van der Waals surface area contributed by atoms with Crippen molar-refractivity contribution in [2.45, 2.75) is 27.2 Å². The zero-order valence-electron chi connectivity index (χ0n) is 17.0. The molecule has 0 spiro atoms. The van der Waals surface area contributed by atoms with Gasteiger partial charge in [-0.2, -0.15) is 0 Å². The molecule has 0 aliphatic carbocycles. The lowest BCUT2D eigenvalue weighted by Crippen LogP contribution is -2.21. The number of hydrogen-bond acceptors (Lipinski definition) is 4. The zero-order chi connectivity index (χ0) is 20.4. The first-order valence-electron chi connectivity index (χ1n) is 9.56. The molecule has 0 aliphatic heterocycles.